The molecule has 2 saturated heterocycles. The van der Waals surface area contributed by atoms with Crippen LogP contribution < -0.4 is 16.0 Å². The second-order valence-electron chi connectivity index (χ2n) is 13.6. The number of halogens is 2. The highest BCUT2D eigenvalue weighted by molar-refractivity contribution is 5.85. The number of hydrogen-bond donors (Lipinski definition) is 4. The number of piperidine rings is 1. The summed E-state index contributed by atoms with van der Waals surface area (Å²) in [5.74, 6) is -1.57. The van der Waals surface area contributed by atoms with Crippen molar-refractivity contribution >= 4 is 11.7 Å². The number of nitrogens with one attached hydrogen (secondary N) is 3. The van der Waals surface area contributed by atoms with Gasteiger partial charge in [-0.25, -0.2) is 8.78 Å². The van der Waals surface area contributed by atoms with Crippen LogP contribution in [-0.4, -0.2) is 82.8 Å². The van der Waals surface area contributed by atoms with E-state index >= 15 is 4.39 Å². The maximum atomic E-state index is 15.1. The predicted molar refractivity (Wildman–Crippen MR) is 169 cm³/mol. The summed E-state index contributed by atoms with van der Waals surface area (Å²) in [5, 5.41) is 21.1. The van der Waals surface area contributed by atoms with Crippen molar-refractivity contribution in [3.63, 3.8) is 0 Å². The summed E-state index contributed by atoms with van der Waals surface area (Å²) in [6.07, 6.45) is 9.97. The summed E-state index contributed by atoms with van der Waals surface area (Å²) in [7, 11) is 0. The van der Waals surface area contributed by atoms with Gasteiger partial charge in [0, 0.05) is 49.1 Å². The Morgan fingerprint density at radius 1 is 1.02 bits per heavy atom. The molecule has 4 rings (SSSR count). The Bertz CT molecular complexity index is 1080. The first kappa shape index (κ1) is 34.9. The number of benzene rings is 1. The number of aliphatic hydroxyl groups is 1. The number of aliphatic hydroxyl groups excluding tert-OH is 1. The molecule has 1 aromatic rings. The van der Waals surface area contributed by atoms with E-state index in [1.54, 1.807) is 6.07 Å². The molecule has 8 nitrogen and oxygen atoms in total. The highest BCUT2D eigenvalue weighted by atomic mass is 19.1. The molecule has 2 unspecified atom stereocenters. The Morgan fingerprint density at radius 3 is 2.36 bits per heavy atom. The molecule has 1 saturated carbocycles. The van der Waals surface area contributed by atoms with Crippen molar-refractivity contribution in [2.75, 3.05) is 19.6 Å². The lowest BCUT2D eigenvalue weighted by molar-refractivity contribution is -0.127. The lowest BCUT2D eigenvalue weighted by atomic mass is 9.93. The van der Waals surface area contributed by atoms with E-state index in [1.165, 1.54) is 25.3 Å². The average Bonchev–Trinajstić information content (AvgIpc) is 3.39. The zero-order valence-corrected chi connectivity index (χ0v) is 27.2. The minimum Gasteiger partial charge on any atom is -0.378 e. The van der Waals surface area contributed by atoms with Gasteiger partial charge in [0.05, 0.1) is 30.8 Å². The SMILES string of the molecule is CC(C)C(=O)CN[C@@H](C[C@H](O)N1CCCC[C@@H]1C)C(=O)N[C@@H](C)C1NCC(c2ccc(F)cc2F)N1C1CCCCCCC1. The average molecular weight is 620 g/mol. The minimum atomic E-state index is -0.806. The lowest BCUT2D eigenvalue weighted by Crippen LogP contribution is -2.59. The number of hydrogen-bond acceptors (Lipinski definition) is 7. The fraction of sp³-hybridized carbons (Fsp3) is 0.765. The Kier molecular flexibility index (Phi) is 13.1. The molecule has 44 heavy (non-hydrogen) atoms. The molecule has 6 atom stereocenters. The number of Topliss-reactive ketones (excluding diaryl/α,β-unsaturated/α-hetero) is 1. The quantitative estimate of drug-likeness (QED) is 0.271. The first-order chi connectivity index (χ1) is 21.1. The van der Waals surface area contributed by atoms with Gasteiger partial charge in [-0.1, -0.05) is 58.4 Å². The van der Waals surface area contributed by atoms with Gasteiger partial charge in [-0.3, -0.25) is 30.0 Å². The van der Waals surface area contributed by atoms with E-state index in [-0.39, 0.29) is 60.9 Å². The van der Waals surface area contributed by atoms with Gasteiger partial charge in [-0.2, -0.15) is 0 Å². The van der Waals surface area contributed by atoms with Crippen molar-refractivity contribution in [1.29, 1.82) is 0 Å². The molecule has 3 fully saturated rings. The van der Waals surface area contributed by atoms with Gasteiger partial charge in [-0.05, 0) is 45.6 Å². The van der Waals surface area contributed by atoms with Crippen LogP contribution >= 0.6 is 0 Å². The second-order valence-corrected chi connectivity index (χ2v) is 13.6. The fourth-order valence-electron chi connectivity index (χ4n) is 7.35. The molecular weight excluding hydrogens is 564 g/mol. The van der Waals surface area contributed by atoms with E-state index in [1.807, 2.05) is 20.8 Å². The number of carbonyl (C=O) groups is 2. The van der Waals surface area contributed by atoms with Crippen LogP contribution in [0.3, 0.4) is 0 Å². The third-order valence-corrected chi connectivity index (χ3v) is 10.0. The number of rotatable bonds is 12. The van der Waals surface area contributed by atoms with Crippen molar-refractivity contribution in [2.24, 2.45) is 5.92 Å². The summed E-state index contributed by atoms with van der Waals surface area (Å²) in [6.45, 7) is 9.04. The van der Waals surface area contributed by atoms with Crippen molar-refractivity contribution in [1.82, 2.24) is 25.8 Å². The Hall–Kier alpha value is -1.98. The summed E-state index contributed by atoms with van der Waals surface area (Å²) < 4.78 is 28.9. The highest BCUT2D eigenvalue weighted by Gasteiger charge is 2.43. The topological polar surface area (TPSA) is 96.9 Å². The largest absolute Gasteiger partial charge is 0.378 e. The fourth-order valence-corrected chi connectivity index (χ4v) is 7.35. The third-order valence-electron chi connectivity index (χ3n) is 10.0. The minimum absolute atomic E-state index is 0.00811. The normalized spacial score (nSPS) is 26.6. The molecule has 0 bridgehead atoms. The standard InChI is InChI=1S/C34H55F2N5O3/c1-22(2)31(42)21-37-29(19-32(43)40-17-11-10-12-23(40)3)34(44)39-24(4)33-38-20-30(27-16-15-25(35)18-28(27)36)41(33)26-13-8-6-5-7-9-14-26/h15-16,18,22-24,26,29-30,32-33,37-38,43H,5-14,17,19-21H2,1-4H3,(H,39,44)/t23-,24-,29-,30?,32-,33?/m0/s1. The molecule has 4 N–H and O–H groups in total. The molecule has 3 aliphatic rings. The molecule has 248 valence electrons. The van der Waals surface area contributed by atoms with Crippen LogP contribution in [0.15, 0.2) is 18.2 Å². The second kappa shape index (κ2) is 16.5. The van der Waals surface area contributed by atoms with Gasteiger partial charge >= 0.3 is 0 Å². The molecule has 1 amide bonds. The monoisotopic (exact) mass is 619 g/mol. The van der Waals surface area contributed by atoms with E-state index in [2.05, 4.69) is 32.7 Å². The summed E-state index contributed by atoms with van der Waals surface area (Å²) in [5.41, 5.74) is 0.465. The van der Waals surface area contributed by atoms with Gasteiger partial charge in [0.15, 0.2) is 0 Å². The molecule has 0 aromatic heterocycles. The number of ketones is 1. The maximum absolute atomic E-state index is 15.1. The van der Waals surface area contributed by atoms with E-state index in [0.29, 0.717) is 12.1 Å². The van der Waals surface area contributed by atoms with Crippen LogP contribution in [0.5, 0.6) is 0 Å². The Labute approximate surface area is 262 Å². The lowest BCUT2D eigenvalue weighted by Gasteiger charge is -2.41. The van der Waals surface area contributed by atoms with Crippen LogP contribution in [-0.2, 0) is 9.59 Å². The zero-order valence-electron chi connectivity index (χ0n) is 27.2. The smallest absolute Gasteiger partial charge is 0.237 e. The molecule has 2 aliphatic heterocycles. The highest BCUT2D eigenvalue weighted by Crippen LogP contribution is 2.36. The summed E-state index contributed by atoms with van der Waals surface area (Å²) in [6, 6.07) is 2.84. The van der Waals surface area contributed by atoms with Crippen LogP contribution in [0.25, 0.3) is 0 Å². The van der Waals surface area contributed by atoms with Gasteiger partial charge in [0.2, 0.25) is 5.91 Å². The molecule has 1 aromatic carbocycles. The van der Waals surface area contributed by atoms with Gasteiger partial charge < -0.3 is 10.4 Å². The van der Waals surface area contributed by atoms with Gasteiger partial charge in [0.1, 0.15) is 23.6 Å². The first-order valence-electron chi connectivity index (χ1n) is 17.0. The number of likely N-dealkylation sites (tertiary alicyclic amines) is 1. The summed E-state index contributed by atoms with van der Waals surface area (Å²) in [4.78, 5) is 30.7. The number of nitrogens with zero attached hydrogens (tertiary/aromatic N) is 2. The van der Waals surface area contributed by atoms with Crippen LogP contribution in [0.1, 0.15) is 110 Å². The van der Waals surface area contributed by atoms with Crippen LogP contribution in [0, 0.1) is 17.6 Å². The molecule has 0 spiro atoms. The van der Waals surface area contributed by atoms with Gasteiger partial charge in [0.25, 0.3) is 0 Å². The predicted octanol–water partition coefficient (Wildman–Crippen LogP) is 4.62. The van der Waals surface area contributed by atoms with Crippen molar-refractivity contribution in [3.05, 3.63) is 35.4 Å². The number of amides is 1. The summed E-state index contributed by atoms with van der Waals surface area (Å²) >= 11 is 0. The Balaban J connectivity index is 1.52. The zero-order chi connectivity index (χ0) is 31.8. The molecule has 2 heterocycles. The van der Waals surface area contributed by atoms with Crippen LogP contribution in [0.4, 0.5) is 8.78 Å². The molecule has 1 aliphatic carbocycles. The van der Waals surface area contributed by atoms with Crippen LogP contribution in [0.2, 0.25) is 0 Å². The Morgan fingerprint density at radius 2 is 1.70 bits per heavy atom. The maximum Gasteiger partial charge on any atom is 0.237 e. The number of carbonyl (C=O) groups excluding carboxylic acids is 2. The van der Waals surface area contributed by atoms with E-state index in [0.717, 1.165) is 57.6 Å². The van der Waals surface area contributed by atoms with E-state index in [9.17, 15) is 19.1 Å². The van der Waals surface area contributed by atoms with E-state index < -0.39 is 23.9 Å². The van der Waals surface area contributed by atoms with Gasteiger partial charge in [-0.15, -0.1) is 0 Å². The van der Waals surface area contributed by atoms with E-state index in [4.69, 9.17) is 0 Å². The molecular formula is C34H55F2N5O3. The first-order valence-corrected chi connectivity index (χ1v) is 17.0. The van der Waals surface area contributed by atoms with Crippen molar-refractivity contribution < 1.29 is 23.5 Å². The third kappa shape index (κ3) is 9.06. The van der Waals surface area contributed by atoms with Crippen molar-refractivity contribution in [2.45, 2.75) is 141 Å². The molecule has 10 heteroatoms. The van der Waals surface area contributed by atoms with Crippen molar-refractivity contribution in [3.8, 4) is 0 Å². The molecule has 0 radical (unpaired) electrons.